The van der Waals surface area contributed by atoms with Crippen LogP contribution >= 0.6 is 0 Å². The van der Waals surface area contributed by atoms with E-state index in [0.29, 0.717) is 19.4 Å². The van der Waals surface area contributed by atoms with Gasteiger partial charge in [0.1, 0.15) is 0 Å². The van der Waals surface area contributed by atoms with Crippen molar-refractivity contribution in [3.63, 3.8) is 0 Å². The van der Waals surface area contributed by atoms with Crippen molar-refractivity contribution in [2.24, 2.45) is 17.3 Å². The second-order valence-corrected chi connectivity index (χ2v) is 5.77. The quantitative estimate of drug-likeness (QED) is 0.738. The van der Waals surface area contributed by atoms with Gasteiger partial charge in [-0.05, 0) is 18.3 Å². The van der Waals surface area contributed by atoms with E-state index in [2.05, 4.69) is 5.32 Å². The lowest BCUT2D eigenvalue weighted by Crippen LogP contribution is -2.41. The predicted molar refractivity (Wildman–Crippen MR) is 65.5 cm³/mol. The van der Waals surface area contributed by atoms with E-state index in [1.54, 1.807) is 0 Å². The summed E-state index contributed by atoms with van der Waals surface area (Å²) >= 11 is 0. The number of rotatable bonds is 3. The zero-order chi connectivity index (χ0) is 13.1. The molecule has 0 radical (unpaired) electrons. The lowest BCUT2D eigenvalue weighted by atomic mass is 9.82. The number of carbonyl (C=O) groups is 2. The van der Waals surface area contributed by atoms with Gasteiger partial charge in [-0.15, -0.1) is 0 Å². The molecule has 1 amide bonds. The second-order valence-electron chi connectivity index (χ2n) is 5.77. The van der Waals surface area contributed by atoms with Crippen molar-refractivity contribution >= 4 is 11.9 Å². The van der Waals surface area contributed by atoms with Crippen molar-refractivity contribution in [1.29, 1.82) is 0 Å². The summed E-state index contributed by atoms with van der Waals surface area (Å²) in [4.78, 5) is 23.0. The van der Waals surface area contributed by atoms with E-state index >= 15 is 0 Å². The molecule has 4 heteroatoms. The van der Waals surface area contributed by atoms with E-state index in [1.165, 1.54) is 0 Å². The minimum atomic E-state index is -0.884. The Hall–Kier alpha value is -1.32. The van der Waals surface area contributed by atoms with Gasteiger partial charge >= 0.3 is 5.97 Å². The normalized spacial score (nSPS) is 24.4. The number of nitrogens with one attached hydrogen (secondary N) is 1. The third kappa shape index (κ3) is 4.21. The standard InChI is InChI=1S/C13H21NO3/c1-13(2,3)8-14-11(15)9-6-4-5-7-10(9)12(16)17/h4-5,9-10H,6-8H2,1-3H3,(H,14,15)(H,16,17)/t9-,10+/m1/s1. The maximum absolute atomic E-state index is 12.0. The van der Waals surface area contributed by atoms with Gasteiger partial charge in [-0.2, -0.15) is 0 Å². The van der Waals surface area contributed by atoms with Gasteiger partial charge in [-0.1, -0.05) is 32.9 Å². The van der Waals surface area contributed by atoms with Crippen LogP contribution in [0.15, 0.2) is 12.2 Å². The molecule has 1 aliphatic rings. The summed E-state index contributed by atoms with van der Waals surface area (Å²) in [6.45, 7) is 6.66. The Morgan fingerprint density at radius 1 is 1.24 bits per heavy atom. The van der Waals surface area contributed by atoms with E-state index in [1.807, 2.05) is 32.9 Å². The molecule has 1 rings (SSSR count). The van der Waals surface area contributed by atoms with Crippen LogP contribution in [0.5, 0.6) is 0 Å². The molecule has 0 aromatic rings. The van der Waals surface area contributed by atoms with Crippen LogP contribution in [0.4, 0.5) is 0 Å². The number of aliphatic carboxylic acids is 1. The molecular formula is C13H21NO3. The van der Waals surface area contributed by atoms with Gasteiger partial charge in [0.15, 0.2) is 0 Å². The molecule has 2 N–H and O–H groups in total. The molecule has 0 aliphatic heterocycles. The van der Waals surface area contributed by atoms with Crippen molar-refractivity contribution in [3.8, 4) is 0 Å². The summed E-state index contributed by atoms with van der Waals surface area (Å²) in [7, 11) is 0. The SMILES string of the molecule is CC(C)(C)CNC(=O)[C@@H]1CC=CC[C@@H]1C(=O)O. The zero-order valence-corrected chi connectivity index (χ0v) is 10.7. The highest BCUT2D eigenvalue weighted by atomic mass is 16.4. The van der Waals surface area contributed by atoms with Gasteiger partial charge in [0, 0.05) is 6.54 Å². The van der Waals surface area contributed by atoms with Crippen molar-refractivity contribution in [2.75, 3.05) is 6.54 Å². The minimum absolute atomic E-state index is 0.0128. The van der Waals surface area contributed by atoms with Gasteiger partial charge in [0.05, 0.1) is 11.8 Å². The molecule has 0 saturated carbocycles. The van der Waals surface area contributed by atoms with E-state index in [4.69, 9.17) is 5.11 Å². The summed E-state index contributed by atoms with van der Waals surface area (Å²) in [5.41, 5.74) is 0.0128. The summed E-state index contributed by atoms with van der Waals surface area (Å²) in [5, 5.41) is 11.9. The van der Waals surface area contributed by atoms with Crippen LogP contribution in [0.3, 0.4) is 0 Å². The van der Waals surface area contributed by atoms with Crippen molar-refractivity contribution in [1.82, 2.24) is 5.32 Å². The fourth-order valence-corrected chi connectivity index (χ4v) is 1.86. The number of hydrogen-bond acceptors (Lipinski definition) is 2. The molecule has 1 aliphatic carbocycles. The summed E-state index contributed by atoms with van der Waals surface area (Å²) in [5.74, 6) is -2.04. The number of hydrogen-bond donors (Lipinski definition) is 2. The number of carbonyl (C=O) groups excluding carboxylic acids is 1. The van der Waals surface area contributed by atoms with E-state index in [0.717, 1.165) is 0 Å². The Kier molecular flexibility index (Phi) is 4.32. The Morgan fingerprint density at radius 3 is 2.24 bits per heavy atom. The van der Waals surface area contributed by atoms with Gasteiger partial charge in [-0.3, -0.25) is 9.59 Å². The number of carboxylic acid groups (broad SMARTS) is 1. The second kappa shape index (κ2) is 5.34. The van der Waals surface area contributed by atoms with Gasteiger partial charge in [-0.25, -0.2) is 0 Å². The van der Waals surface area contributed by atoms with Crippen LogP contribution < -0.4 is 5.32 Å². The molecular weight excluding hydrogens is 218 g/mol. The van der Waals surface area contributed by atoms with Crippen LogP contribution in [-0.4, -0.2) is 23.5 Å². The third-order valence-electron chi connectivity index (χ3n) is 2.88. The molecule has 2 atom stereocenters. The smallest absolute Gasteiger partial charge is 0.307 e. The first-order valence-electron chi connectivity index (χ1n) is 5.97. The monoisotopic (exact) mass is 239 g/mol. The third-order valence-corrected chi connectivity index (χ3v) is 2.88. The topological polar surface area (TPSA) is 66.4 Å². The molecule has 96 valence electrons. The first-order valence-corrected chi connectivity index (χ1v) is 5.97. The molecule has 0 spiro atoms. The van der Waals surface area contributed by atoms with Crippen LogP contribution in [0.25, 0.3) is 0 Å². The highest BCUT2D eigenvalue weighted by molar-refractivity contribution is 5.85. The lowest BCUT2D eigenvalue weighted by Gasteiger charge is -2.26. The molecule has 0 unspecified atom stereocenters. The van der Waals surface area contributed by atoms with Gasteiger partial charge in [0.2, 0.25) is 5.91 Å². The summed E-state index contributed by atoms with van der Waals surface area (Å²) in [6, 6.07) is 0. The van der Waals surface area contributed by atoms with Crippen molar-refractivity contribution in [3.05, 3.63) is 12.2 Å². The fourth-order valence-electron chi connectivity index (χ4n) is 1.86. The predicted octanol–water partition coefficient (Wildman–Crippen LogP) is 1.82. The minimum Gasteiger partial charge on any atom is -0.481 e. The number of amides is 1. The average Bonchev–Trinajstić information content (AvgIpc) is 2.25. The van der Waals surface area contributed by atoms with Crippen LogP contribution in [0.1, 0.15) is 33.6 Å². The molecule has 0 aromatic heterocycles. The molecule has 0 fully saturated rings. The van der Waals surface area contributed by atoms with Crippen LogP contribution in [-0.2, 0) is 9.59 Å². The first kappa shape index (κ1) is 13.7. The van der Waals surface area contributed by atoms with Gasteiger partial charge < -0.3 is 10.4 Å². The van der Waals surface area contributed by atoms with Crippen LogP contribution in [0.2, 0.25) is 0 Å². The van der Waals surface area contributed by atoms with Crippen LogP contribution in [0, 0.1) is 17.3 Å². The fraction of sp³-hybridized carbons (Fsp3) is 0.692. The molecule has 4 nitrogen and oxygen atoms in total. The van der Waals surface area contributed by atoms with Gasteiger partial charge in [0.25, 0.3) is 0 Å². The largest absolute Gasteiger partial charge is 0.481 e. The Balaban J connectivity index is 2.60. The Morgan fingerprint density at radius 2 is 1.76 bits per heavy atom. The van der Waals surface area contributed by atoms with Crippen molar-refractivity contribution in [2.45, 2.75) is 33.6 Å². The maximum atomic E-state index is 12.0. The average molecular weight is 239 g/mol. The highest BCUT2D eigenvalue weighted by Crippen LogP contribution is 2.26. The zero-order valence-electron chi connectivity index (χ0n) is 10.7. The number of carboxylic acids is 1. The lowest BCUT2D eigenvalue weighted by molar-refractivity contribution is -0.147. The molecule has 0 aromatic carbocycles. The number of allylic oxidation sites excluding steroid dienone is 2. The summed E-state index contributed by atoms with van der Waals surface area (Å²) < 4.78 is 0. The summed E-state index contributed by atoms with van der Waals surface area (Å²) in [6.07, 6.45) is 4.70. The maximum Gasteiger partial charge on any atom is 0.307 e. The first-order chi connectivity index (χ1) is 7.81. The molecule has 17 heavy (non-hydrogen) atoms. The van der Waals surface area contributed by atoms with E-state index < -0.39 is 17.8 Å². The molecule has 0 heterocycles. The Bertz CT molecular complexity index is 328. The van der Waals surface area contributed by atoms with E-state index in [-0.39, 0.29) is 11.3 Å². The molecule has 0 bridgehead atoms. The van der Waals surface area contributed by atoms with Crippen molar-refractivity contribution < 1.29 is 14.7 Å². The Labute approximate surface area is 102 Å². The van der Waals surface area contributed by atoms with E-state index in [9.17, 15) is 9.59 Å². The highest BCUT2D eigenvalue weighted by Gasteiger charge is 2.34. The molecule has 0 saturated heterocycles.